The molecule has 3 rings (SSSR count). The van der Waals surface area contributed by atoms with E-state index < -0.39 is 5.41 Å². The Morgan fingerprint density at radius 3 is 2.67 bits per heavy atom. The van der Waals surface area contributed by atoms with Gasteiger partial charge in [0.2, 0.25) is 11.8 Å². The molecule has 5 nitrogen and oxygen atoms in total. The lowest BCUT2D eigenvalue weighted by atomic mass is 9.77. The largest absolute Gasteiger partial charge is 0.475 e. The first kappa shape index (κ1) is 19.3. The lowest BCUT2D eigenvalue weighted by Crippen LogP contribution is -2.38. The Kier molecular flexibility index (Phi) is 6.06. The number of hydrogen-bond acceptors (Lipinski definition) is 4. The minimum Gasteiger partial charge on any atom is -0.475 e. The van der Waals surface area contributed by atoms with Crippen molar-refractivity contribution in [2.24, 2.45) is 0 Å². The van der Waals surface area contributed by atoms with Gasteiger partial charge in [-0.05, 0) is 31.9 Å². The Labute approximate surface area is 158 Å². The predicted octanol–water partition coefficient (Wildman–Crippen LogP) is 4.00. The first-order valence-corrected chi connectivity index (χ1v) is 9.22. The van der Waals surface area contributed by atoms with Crippen LogP contribution in [0.4, 0.5) is 10.1 Å². The maximum atomic E-state index is 14.4. The summed E-state index contributed by atoms with van der Waals surface area (Å²) in [7, 11) is 1.61. The van der Waals surface area contributed by atoms with Crippen molar-refractivity contribution < 1.29 is 18.7 Å². The van der Waals surface area contributed by atoms with Crippen molar-refractivity contribution in [1.29, 1.82) is 0 Å². The van der Waals surface area contributed by atoms with E-state index in [9.17, 15) is 9.18 Å². The number of nitrogens with zero attached hydrogens (tertiary/aromatic N) is 1. The van der Waals surface area contributed by atoms with Gasteiger partial charge in [-0.2, -0.15) is 0 Å². The summed E-state index contributed by atoms with van der Waals surface area (Å²) in [6, 6.07) is 8.38. The van der Waals surface area contributed by atoms with Gasteiger partial charge in [0.1, 0.15) is 12.4 Å². The zero-order valence-electron chi connectivity index (χ0n) is 15.8. The van der Waals surface area contributed by atoms with Crippen LogP contribution in [0.5, 0.6) is 5.88 Å². The lowest BCUT2D eigenvalue weighted by molar-refractivity contribution is -0.121. The average Bonchev–Trinajstić information content (AvgIpc) is 3.15. The minimum absolute atomic E-state index is 0.181. The molecule has 1 aliphatic rings. The molecule has 1 heterocycles. The summed E-state index contributed by atoms with van der Waals surface area (Å²) in [4.78, 5) is 17.4. The molecule has 27 heavy (non-hydrogen) atoms. The topological polar surface area (TPSA) is 60.5 Å². The number of aryl methyl sites for hydroxylation is 1. The fraction of sp³-hybridized carbons (Fsp3) is 0.429. The Hall–Kier alpha value is -2.47. The summed E-state index contributed by atoms with van der Waals surface area (Å²) < 4.78 is 24.9. The smallest absolute Gasteiger partial charge is 0.235 e. The van der Waals surface area contributed by atoms with Gasteiger partial charge in [-0.15, -0.1) is 0 Å². The summed E-state index contributed by atoms with van der Waals surface area (Å²) in [6.07, 6.45) is 4.67. The molecule has 1 aromatic heterocycles. The van der Waals surface area contributed by atoms with E-state index in [0.29, 0.717) is 43.2 Å². The molecule has 6 heteroatoms. The van der Waals surface area contributed by atoms with E-state index in [1.165, 1.54) is 6.07 Å². The van der Waals surface area contributed by atoms with Crippen molar-refractivity contribution in [3.63, 3.8) is 0 Å². The van der Waals surface area contributed by atoms with Crippen LogP contribution in [0.1, 0.15) is 36.8 Å². The number of anilines is 1. The molecule has 1 saturated carbocycles. The van der Waals surface area contributed by atoms with E-state index in [0.717, 1.165) is 18.4 Å². The van der Waals surface area contributed by atoms with Crippen LogP contribution in [0.25, 0.3) is 0 Å². The van der Waals surface area contributed by atoms with Crippen molar-refractivity contribution in [1.82, 2.24) is 4.98 Å². The molecule has 0 spiro atoms. The number of ether oxygens (including phenoxy) is 2. The number of nitrogens with one attached hydrogen (secondary N) is 1. The second-order valence-electron chi connectivity index (χ2n) is 6.91. The summed E-state index contributed by atoms with van der Waals surface area (Å²) >= 11 is 0. The molecule has 1 amide bonds. The van der Waals surface area contributed by atoms with Gasteiger partial charge in [-0.1, -0.05) is 31.0 Å². The molecular weight excluding hydrogens is 347 g/mol. The number of rotatable bonds is 7. The molecule has 1 N–H and O–H groups in total. The van der Waals surface area contributed by atoms with Crippen LogP contribution in [0.15, 0.2) is 36.5 Å². The fourth-order valence-electron chi connectivity index (χ4n) is 3.70. The van der Waals surface area contributed by atoms with Crippen LogP contribution >= 0.6 is 0 Å². The molecule has 1 fully saturated rings. The van der Waals surface area contributed by atoms with Crippen LogP contribution < -0.4 is 10.1 Å². The molecule has 0 unspecified atom stereocenters. The third-order valence-electron chi connectivity index (χ3n) is 5.10. The van der Waals surface area contributed by atoms with E-state index in [2.05, 4.69) is 10.3 Å². The monoisotopic (exact) mass is 372 g/mol. The van der Waals surface area contributed by atoms with Gasteiger partial charge in [0.25, 0.3) is 0 Å². The number of methoxy groups -OCH3 is 1. The standard InChI is InChI=1S/C21H25FN2O3/c1-15-13-16(14-23-19(15)27-12-11-26-2)24-20(25)21(9-5-6-10-21)17-7-3-4-8-18(17)22/h3-4,7-8,13-14H,5-6,9-12H2,1-2H3,(H,24,25). The van der Waals surface area contributed by atoms with Crippen molar-refractivity contribution >= 4 is 11.6 Å². The van der Waals surface area contributed by atoms with Crippen molar-refractivity contribution in [3.8, 4) is 5.88 Å². The second kappa shape index (κ2) is 8.48. The van der Waals surface area contributed by atoms with Gasteiger partial charge in [-0.3, -0.25) is 4.79 Å². The van der Waals surface area contributed by atoms with Gasteiger partial charge in [-0.25, -0.2) is 9.37 Å². The molecule has 2 aromatic rings. The first-order chi connectivity index (χ1) is 13.1. The Balaban J connectivity index is 1.79. The van der Waals surface area contributed by atoms with E-state index in [4.69, 9.17) is 9.47 Å². The molecule has 0 radical (unpaired) electrons. The highest BCUT2D eigenvalue weighted by Crippen LogP contribution is 2.43. The highest BCUT2D eigenvalue weighted by atomic mass is 19.1. The number of carbonyl (C=O) groups excluding carboxylic acids is 1. The SMILES string of the molecule is COCCOc1ncc(NC(=O)C2(c3ccccc3F)CCCC2)cc1C. The van der Waals surface area contributed by atoms with E-state index >= 15 is 0 Å². The average molecular weight is 372 g/mol. The van der Waals surface area contributed by atoms with Crippen LogP contribution in [0.2, 0.25) is 0 Å². The molecule has 0 bridgehead atoms. The van der Waals surface area contributed by atoms with E-state index in [-0.39, 0.29) is 11.7 Å². The maximum absolute atomic E-state index is 14.4. The van der Waals surface area contributed by atoms with Crippen molar-refractivity contribution in [2.75, 3.05) is 25.6 Å². The van der Waals surface area contributed by atoms with E-state index in [1.54, 1.807) is 31.5 Å². The maximum Gasteiger partial charge on any atom is 0.235 e. The number of hydrogen-bond donors (Lipinski definition) is 1. The van der Waals surface area contributed by atoms with Crippen LogP contribution in [-0.2, 0) is 14.9 Å². The third kappa shape index (κ3) is 4.11. The molecular formula is C21H25FN2O3. The number of halogens is 1. The number of benzene rings is 1. The van der Waals surface area contributed by atoms with Gasteiger partial charge < -0.3 is 14.8 Å². The van der Waals surface area contributed by atoms with Crippen LogP contribution in [0.3, 0.4) is 0 Å². The first-order valence-electron chi connectivity index (χ1n) is 9.22. The zero-order valence-corrected chi connectivity index (χ0v) is 15.8. The Morgan fingerprint density at radius 2 is 2.00 bits per heavy atom. The predicted molar refractivity (Wildman–Crippen MR) is 102 cm³/mol. The van der Waals surface area contributed by atoms with Crippen LogP contribution in [-0.4, -0.2) is 31.2 Å². The van der Waals surface area contributed by atoms with Gasteiger partial charge in [0.05, 0.1) is 23.9 Å². The number of amides is 1. The van der Waals surface area contributed by atoms with E-state index in [1.807, 2.05) is 13.0 Å². The Morgan fingerprint density at radius 1 is 1.26 bits per heavy atom. The highest BCUT2D eigenvalue weighted by Gasteiger charge is 2.44. The zero-order chi connectivity index (χ0) is 19.3. The fourth-order valence-corrected chi connectivity index (χ4v) is 3.70. The number of pyridine rings is 1. The molecule has 144 valence electrons. The summed E-state index contributed by atoms with van der Waals surface area (Å²) in [6.45, 7) is 2.75. The molecule has 0 aliphatic heterocycles. The lowest BCUT2D eigenvalue weighted by Gasteiger charge is -2.28. The Bertz CT molecular complexity index is 804. The van der Waals surface area contributed by atoms with Gasteiger partial charge in [0, 0.05) is 18.2 Å². The minimum atomic E-state index is -0.827. The van der Waals surface area contributed by atoms with Gasteiger partial charge >= 0.3 is 0 Å². The van der Waals surface area contributed by atoms with Gasteiger partial charge in [0.15, 0.2) is 0 Å². The second-order valence-corrected chi connectivity index (χ2v) is 6.91. The van der Waals surface area contributed by atoms with Crippen LogP contribution in [0, 0.1) is 12.7 Å². The van der Waals surface area contributed by atoms with Crippen molar-refractivity contribution in [2.45, 2.75) is 38.0 Å². The number of aromatic nitrogens is 1. The molecule has 1 aliphatic carbocycles. The highest BCUT2D eigenvalue weighted by molar-refractivity contribution is 5.99. The third-order valence-corrected chi connectivity index (χ3v) is 5.10. The molecule has 1 aromatic carbocycles. The molecule has 0 atom stereocenters. The number of carbonyl (C=O) groups is 1. The van der Waals surface area contributed by atoms with Crippen molar-refractivity contribution in [3.05, 3.63) is 53.5 Å². The summed E-state index contributed by atoms with van der Waals surface area (Å²) in [5.74, 6) is -0.000157. The summed E-state index contributed by atoms with van der Waals surface area (Å²) in [5, 5.41) is 2.94. The summed E-state index contributed by atoms with van der Waals surface area (Å²) in [5.41, 5.74) is 1.05. The molecule has 0 saturated heterocycles. The quantitative estimate of drug-likeness (QED) is 0.746. The normalized spacial score (nSPS) is 15.5.